The van der Waals surface area contributed by atoms with Gasteiger partial charge in [0.05, 0.1) is 37.1 Å². The molecule has 4 aromatic rings. The van der Waals surface area contributed by atoms with Gasteiger partial charge in [-0.3, -0.25) is 4.79 Å². The van der Waals surface area contributed by atoms with Crippen LogP contribution in [0.15, 0.2) is 54.9 Å². The van der Waals surface area contributed by atoms with Crippen LogP contribution in [-0.2, 0) is 4.74 Å². The number of aromatic amines is 1. The van der Waals surface area contributed by atoms with Crippen molar-refractivity contribution in [3.63, 3.8) is 0 Å². The Balaban J connectivity index is 1.46. The minimum atomic E-state index is -0.168. The SMILES string of the molecule is [C-]#[N+]c1cnc2[nH]cc(C(=O)c3ccc(Oc4cccc(C)c4)cc3C)c2c1N[C@@H]1CC[C@@H](CO)OC1. The van der Waals surface area contributed by atoms with Crippen molar-refractivity contribution in [1.29, 1.82) is 0 Å². The Bertz CT molecular complexity index is 1500. The van der Waals surface area contributed by atoms with Gasteiger partial charge in [0.15, 0.2) is 5.78 Å². The van der Waals surface area contributed by atoms with E-state index in [1.807, 2.05) is 44.2 Å². The second kappa shape index (κ2) is 10.4. The molecule has 1 saturated heterocycles. The van der Waals surface area contributed by atoms with Crippen LogP contribution in [-0.4, -0.2) is 46.2 Å². The maximum atomic E-state index is 13.7. The Morgan fingerprint density at radius 2 is 2.05 bits per heavy atom. The van der Waals surface area contributed by atoms with Crippen LogP contribution in [0.25, 0.3) is 15.9 Å². The zero-order valence-corrected chi connectivity index (χ0v) is 20.7. The van der Waals surface area contributed by atoms with Gasteiger partial charge in [0.2, 0.25) is 5.69 Å². The predicted molar refractivity (Wildman–Crippen MR) is 142 cm³/mol. The van der Waals surface area contributed by atoms with E-state index in [1.165, 1.54) is 6.20 Å². The third-order valence-electron chi connectivity index (χ3n) is 6.64. The van der Waals surface area contributed by atoms with Gasteiger partial charge in [0, 0.05) is 29.4 Å². The van der Waals surface area contributed by atoms with Crippen molar-refractivity contribution in [2.75, 3.05) is 18.5 Å². The minimum Gasteiger partial charge on any atom is -0.457 e. The largest absolute Gasteiger partial charge is 0.457 e. The Labute approximate surface area is 215 Å². The van der Waals surface area contributed by atoms with Crippen LogP contribution < -0.4 is 10.1 Å². The van der Waals surface area contributed by atoms with Gasteiger partial charge in [0.25, 0.3) is 0 Å². The lowest BCUT2D eigenvalue weighted by atomic mass is 9.97. The standard InChI is InChI=1S/C29H28N4O4/c1-17-5-4-6-20(11-17)37-21-9-10-23(18(2)12-21)28(35)24-13-31-29-26(24)27(25(30-3)14-32-29)33-19-7-8-22(15-34)36-16-19/h4-6,9-14,19,22,34H,7-8,15-16H2,1-2H3,(H2,31,32,33)/t19-,22+/m1/s1. The number of hydrogen-bond acceptors (Lipinski definition) is 6. The summed E-state index contributed by atoms with van der Waals surface area (Å²) < 4.78 is 11.7. The number of hydrogen-bond donors (Lipinski definition) is 3. The zero-order valence-electron chi connectivity index (χ0n) is 20.7. The van der Waals surface area contributed by atoms with Gasteiger partial charge in [-0.05, 0) is 68.1 Å². The summed E-state index contributed by atoms with van der Waals surface area (Å²) in [5.74, 6) is 1.22. The van der Waals surface area contributed by atoms with Crippen LogP contribution in [0, 0.1) is 20.4 Å². The summed E-state index contributed by atoms with van der Waals surface area (Å²) in [4.78, 5) is 24.8. The van der Waals surface area contributed by atoms with E-state index in [1.54, 1.807) is 18.3 Å². The molecule has 8 nitrogen and oxygen atoms in total. The van der Waals surface area contributed by atoms with E-state index < -0.39 is 0 Å². The Morgan fingerprint density at radius 3 is 2.76 bits per heavy atom. The molecule has 2 atom stereocenters. The van der Waals surface area contributed by atoms with Crippen LogP contribution in [0.2, 0.25) is 0 Å². The average molecular weight is 497 g/mol. The molecule has 2 aromatic heterocycles. The number of aliphatic hydroxyl groups is 1. The van der Waals surface area contributed by atoms with Gasteiger partial charge in [-0.2, -0.15) is 0 Å². The van der Waals surface area contributed by atoms with Gasteiger partial charge in [-0.1, -0.05) is 12.1 Å². The molecule has 1 aliphatic rings. The summed E-state index contributed by atoms with van der Waals surface area (Å²) >= 11 is 0. The highest BCUT2D eigenvalue weighted by Gasteiger charge is 2.25. The van der Waals surface area contributed by atoms with Crippen LogP contribution in [0.5, 0.6) is 11.5 Å². The molecule has 2 aromatic carbocycles. The van der Waals surface area contributed by atoms with Crippen molar-refractivity contribution in [2.45, 2.75) is 38.8 Å². The highest BCUT2D eigenvalue weighted by atomic mass is 16.5. The first-order chi connectivity index (χ1) is 18.0. The second-order valence-electron chi connectivity index (χ2n) is 9.34. The van der Waals surface area contributed by atoms with Gasteiger partial charge in [0.1, 0.15) is 17.1 Å². The molecule has 0 spiro atoms. The fourth-order valence-electron chi connectivity index (χ4n) is 4.68. The molecule has 3 heterocycles. The lowest BCUT2D eigenvalue weighted by Gasteiger charge is -2.29. The van der Waals surface area contributed by atoms with Crippen molar-refractivity contribution >= 4 is 28.2 Å². The molecule has 1 aliphatic heterocycles. The number of pyridine rings is 1. The predicted octanol–water partition coefficient (Wildman–Crippen LogP) is 5.71. The third kappa shape index (κ3) is 5.05. The number of carbonyl (C=O) groups is 1. The Hall–Kier alpha value is -4.19. The highest BCUT2D eigenvalue weighted by molar-refractivity contribution is 6.20. The lowest BCUT2D eigenvalue weighted by molar-refractivity contribution is -0.0223. The van der Waals surface area contributed by atoms with Crippen molar-refractivity contribution in [3.8, 4) is 11.5 Å². The number of aliphatic hydroxyl groups excluding tert-OH is 1. The van der Waals surface area contributed by atoms with Crippen molar-refractivity contribution < 1.29 is 19.4 Å². The maximum Gasteiger partial charge on any atom is 0.228 e. The first-order valence-corrected chi connectivity index (χ1v) is 12.2. The molecule has 1 fully saturated rings. The molecule has 3 N–H and O–H groups in total. The molecule has 0 amide bonds. The van der Waals surface area contributed by atoms with Gasteiger partial charge >= 0.3 is 0 Å². The Morgan fingerprint density at radius 1 is 1.22 bits per heavy atom. The number of fused-ring (bicyclic) bond motifs is 1. The molecule has 0 bridgehead atoms. The minimum absolute atomic E-state index is 0.00977. The number of ether oxygens (including phenoxy) is 2. The third-order valence-corrected chi connectivity index (χ3v) is 6.64. The van der Waals surface area contributed by atoms with Crippen LogP contribution in [0.4, 0.5) is 11.4 Å². The number of aromatic nitrogens is 2. The van der Waals surface area contributed by atoms with E-state index in [9.17, 15) is 9.90 Å². The van der Waals surface area contributed by atoms with E-state index in [0.717, 1.165) is 23.3 Å². The van der Waals surface area contributed by atoms with E-state index >= 15 is 0 Å². The van der Waals surface area contributed by atoms with Crippen LogP contribution >= 0.6 is 0 Å². The highest BCUT2D eigenvalue weighted by Crippen LogP contribution is 2.37. The van der Waals surface area contributed by atoms with Crippen molar-refractivity contribution in [2.24, 2.45) is 0 Å². The number of anilines is 1. The number of H-pyrrole nitrogens is 1. The molecule has 0 radical (unpaired) electrons. The normalized spacial score (nSPS) is 17.4. The van der Waals surface area contributed by atoms with E-state index in [0.29, 0.717) is 52.3 Å². The average Bonchev–Trinajstić information content (AvgIpc) is 3.34. The maximum absolute atomic E-state index is 13.7. The van der Waals surface area contributed by atoms with E-state index in [4.69, 9.17) is 16.0 Å². The van der Waals surface area contributed by atoms with E-state index in [-0.39, 0.29) is 24.5 Å². The topological polar surface area (TPSA) is 101 Å². The smallest absolute Gasteiger partial charge is 0.228 e. The second-order valence-corrected chi connectivity index (χ2v) is 9.34. The summed E-state index contributed by atoms with van der Waals surface area (Å²) in [5, 5.41) is 13.4. The van der Waals surface area contributed by atoms with Gasteiger partial charge in [-0.25, -0.2) is 9.83 Å². The summed E-state index contributed by atoms with van der Waals surface area (Å²) in [5.41, 5.74) is 4.30. The fourth-order valence-corrected chi connectivity index (χ4v) is 4.68. The number of carbonyl (C=O) groups excluding carboxylic acids is 1. The first kappa shape index (κ1) is 24.5. The quantitative estimate of drug-likeness (QED) is 0.224. The summed E-state index contributed by atoms with van der Waals surface area (Å²) in [6, 6.07) is 13.2. The molecule has 8 heteroatoms. The number of rotatable bonds is 7. The molecule has 37 heavy (non-hydrogen) atoms. The number of nitrogens with one attached hydrogen (secondary N) is 2. The Kier molecular flexibility index (Phi) is 6.91. The lowest BCUT2D eigenvalue weighted by Crippen LogP contribution is -2.36. The molecule has 0 unspecified atom stereocenters. The summed E-state index contributed by atoms with van der Waals surface area (Å²) in [6.45, 7) is 11.9. The summed E-state index contributed by atoms with van der Waals surface area (Å²) in [7, 11) is 0. The van der Waals surface area contributed by atoms with Crippen LogP contribution in [0.3, 0.4) is 0 Å². The summed E-state index contributed by atoms with van der Waals surface area (Å²) in [6.07, 6.45) is 4.48. The van der Waals surface area contributed by atoms with E-state index in [2.05, 4.69) is 20.1 Å². The first-order valence-electron chi connectivity index (χ1n) is 12.2. The fraction of sp³-hybridized carbons (Fsp3) is 0.276. The number of ketones is 1. The van der Waals surface area contributed by atoms with Crippen molar-refractivity contribution in [3.05, 3.63) is 88.5 Å². The molecule has 188 valence electrons. The number of aryl methyl sites for hydroxylation is 2. The molecular weight excluding hydrogens is 468 g/mol. The molecular formula is C29H28N4O4. The zero-order chi connectivity index (χ0) is 25.9. The van der Waals surface area contributed by atoms with Crippen LogP contribution in [0.1, 0.15) is 39.9 Å². The molecule has 0 aliphatic carbocycles. The van der Waals surface area contributed by atoms with Crippen molar-refractivity contribution in [1.82, 2.24) is 9.97 Å². The van der Waals surface area contributed by atoms with Gasteiger partial charge in [-0.15, -0.1) is 0 Å². The monoisotopic (exact) mass is 496 g/mol. The molecule has 5 rings (SSSR count). The molecule has 0 saturated carbocycles. The number of nitrogens with zero attached hydrogens (tertiary/aromatic N) is 2. The number of benzene rings is 2. The van der Waals surface area contributed by atoms with Gasteiger partial charge < -0.3 is 24.9 Å².